The predicted octanol–water partition coefficient (Wildman–Crippen LogP) is 1.37. The van der Waals surface area contributed by atoms with Gasteiger partial charge in [-0.2, -0.15) is 0 Å². The quantitative estimate of drug-likeness (QED) is 0.811. The molecule has 0 saturated carbocycles. The maximum atomic E-state index is 9.89. The number of rotatable bonds is 1. The number of hydrogen-bond donors (Lipinski definition) is 1. The van der Waals surface area contributed by atoms with Gasteiger partial charge in [0, 0.05) is 4.47 Å². The van der Waals surface area contributed by atoms with Gasteiger partial charge in [-0.15, -0.1) is 0 Å². The van der Waals surface area contributed by atoms with Gasteiger partial charge in [0.05, 0.1) is 24.6 Å². The lowest BCUT2D eigenvalue weighted by atomic mass is 9.97. The van der Waals surface area contributed by atoms with Gasteiger partial charge in [0.25, 0.3) is 0 Å². The van der Waals surface area contributed by atoms with E-state index in [0.717, 1.165) is 10.2 Å². The van der Waals surface area contributed by atoms with Gasteiger partial charge in [0.15, 0.2) is 5.60 Å². The van der Waals surface area contributed by atoms with E-state index >= 15 is 0 Å². The Balaban J connectivity index is 2.36. The molecule has 0 aliphatic carbocycles. The lowest BCUT2D eigenvalue weighted by molar-refractivity contribution is -0.186. The summed E-state index contributed by atoms with van der Waals surface area (Å²) < 4.78 is 5.92. The molecule has 0 aromatic carbocycles. The maximum absolute atomic E-state index is 9.89. The van der Waals surface area contributed by atoms with Crippen molar-refractivity contribution in [2.24, 2.45) is 0 Å². The maximum Gasteiger partial charge on any atom is 0.153 e. The van der Waals surface area contributed by atoms with Crippen LogP contribution in [0, 0.1) is 6.92 Å². The van der Waals surface area contributed by atoms with Gasteiger partial charge >= 0.3 is 0 Å². The highest BCUT2D eigenvalue weighted by atomic mass is 79.9. The molecular weight excluding hydrogens is 234 g/mol. The average Bonchev–Trinajstić information content (AvgIpc) is 2.06. The molecule has 1 aromatic rings. The average molecular weight is 244 g/mol. The molecule has 0 bridgehead atoms. The molecule has 2 rings (SSSR count). The first-order valence-corrected chi connectivity index (χ1v) is 4.85. The van der Waals surface area contributed by atoms with Crippen LogP contribution in [0.2, 0.25) is 0 Å². The Morgan fingerprint density at radius 3 is 2.69 bits per heavy atom. The van der Waals surface area contributed by atoms with Crippen molar-refractivity contribution in [2.75, 3.05) is 13.2 Å². The molecule has 4 heteroatoms. The monoisotopic (exact) mass is 243 g/mol. The third-order valence-corrected chi connectivity index (χ3v) is 3.02. The molecule has 3 nitrogen and oxygen atoms in total. The summed E-state index contributed by atoms with van der Waals surface area (Å²) in [6, 6.07) is 3.72. The van der Waals surface area contributed by atoms with E-state index in [1.165, 1.54) is 0 Å². The zero-order valence-corrected chi connectivity index (χ0v) is 8.84. The number of halogens is 1. The topological polar surface area (TPSA) is 42.4 Å². The molecule has 1 aliphatic rings. The van der Waals surface area contributed by atoms with Crippen molar-refractivity contribution in [1.82, 2.24) is 4.98 Å². The second-order valence-electron chi connectivity index (χ2n) is 3.29. The fourth-order valence-corrected chi connectivity index (χ4v) is 1.47. The fourth-order valence-electron chi connectivity index (χ4n) is 1.25. The molecule has 0 atom stereocenters. The Bertz CT molecular complexity index is 336. The first-order chi connectivity index (χ1) is 6.12. The van der Waals surface area contributed by atoms with Crippen LogP contribution in [0.15, 0.2) is 16.6 Å². The molecule has 2 heterocycles. The lowest BCUT2D eigenvalue weighted by Gasteiger charge is -2.35. The van der Waals surface area contributed by atoms with Crippen LogP contribution in [0.25, 0.3) is 0 Å². The van der Waals surface area contributed by atoms with E-state index in [1.807, 2.05) is 19.1 Å². The zero-order valence-electron chi connectivity index (χ0n) is 7.25. The Kier molecular flexibility index (Phi) is 2.14. The second-order valence-corrected chi connectivity index (χ2v) is 4.14. The van der Waals surface area contributed by atoms with Crippen LogP contribution < -0.4 is 0 Å². The lowest BCUT2D eigenvalue weighted by Crippen LogP contribution is -2.47. The minimum atomic E-state index is -0.856. The van der Waals surface area contributed by atoms with E-state index in [-0.39, 0.29) is 0 Å². The van der Waals surface area contributed by atoms with Crippen LogP contribution >= 0.6 is 15.9 Å². The number of pyridine rings is 1. The summed E-state index contributed by atoms with van der Waals surface area (Å²) in [5, 5.41) is 9.89. The first kappa shape index (κ1) is 9.12. The molecule has 1 aliphatic heterocycles. The van der Waals surface area contributed by atoms with Crippen molar-refractivity contribution in [3.05, 3.63) is 28.0 Å². The normalized spacial score (nSPS) is 19.6. The van der Waals surface area contributed by atoms with Gasteiger partial charge in [-0.25, -0.2) is 0 Å². The summed E-state index contributed by atoms with van der Waals surface area (Å²) in [5.41, 5.74) is 0.725. The largest absolute Gasteiger partial charge is 0.379 e. The number of hydrogen-bond acceptors (Lipinski definition) is 3. The summed E-state index contributed by atoms with van der Waals surface area (Å²) >= 11 is 3.36. The van der Waals surface area contributed by atoms with E-state index in [0.29, 0.717) is 18.9 Å². The van der Waals surface area contributed by atoms with Crippen molar-refractivity contribution in [3.63, 3.8) is 0 Å². The van der Waals surface area contributed by atoms with Crippen molar-refractivity contribution < 1.29 is 9.84 Å². The smallest absolute Gasteiger partial charge is 0.153 e. The molecule has 1 fully saturated rings. The fraction of sp³-hybridized carbons (Fsp3) is 0.444. The van der Waals surface area contributed by atoms with E-state index in [9.17, 15) is 5.11 Å². The minimum absolute atomic E-state index is 0.348. The van der Waals surface area contributed by atoms with Gasteiger partial charge in [0.1, 0.15) is 0 Å². The molecule has 13 heavy (non-hydrogen) atoms. The van der Waals surface area contributed by atoms with Gasteiger partial charge in [-0.3, -0.25) is 4.98 Å². The van der Waals surface area contributed by atoms with Crippen LogP contribution in [0.5, 0.6) is 0 Å². The van der Waals surface area contributed by atoms with Crippen LogP contribution in [0.1, 0.15) is 11.4 Å². The Morgan fingerprint density at radius 1 is 1.54 bits per heavy atom. The van der Waals surface area contributed by atoms with E-state index in [2.05, 4.69) is 20.9 Å². The second kappa shape index (κ2) is 3.04. The number of nitrogens with zero attached hydrogens (tertiary/aromatic N) is 1. The molecule has 1 saturated heterocycles. The van der Waals surface area contributed by atoms with E-state index < -0.39 is 5.60 Å². The molecule has 0 amide bonds. The Labute approximate surface area is 84.9 Å². The third kappa shape index (κ3) is 1.49. The molecule has 1 N–H and O–H groups in total. The molecule has 0 spiro atoms. The highest BCUT2D eigenvalue weighted by Gasteiger charge is 2.39. The SMILES string of the molecule is Cc1nc(C2(O)COC2)ccc1Br. The van der Waals surface area contributed by atoms with Crippen molar-refractivity contribution in [3.8, 4) is 0 Å². The summed E-state index contributed by atoms with van der Waals surface area (Å²) in [4.78, 5) is 4.29. The molecule has 1 aromatic heterocycles. The Hall–Kier alpha value is -0.450. The zero-order chi connectivity index (χ0) is 9.47. The summed E-state index contributed by atoms with van der Waals surface area (Å²) in [6.07, 6.45) is 0. The van der Waals surface area contributed by atoms with Gasteiger partial charge < -0.3 is 9.84 Å². The molecule has 0 radical (unpaired) electrons. The van der Waals surface area contributed by atoms with Crippen molar-refractivity contribution >= 4 is 15.9 Å². The van der Waals surface area contributed by atoms with E-state index in [1.54, 1.807) is 0 Å². The predicted molar refractivity (Wildman–Crippen MR) is 51.4 cm³/mol. The minimum Gasteiger partial charge on any atom is -0.379 e. The third-order valence-electron chi connectivity index (χ3n) is 2.18. The van der Waals surface area contributed by atoms with Crippen LogP contribution in [-0.4, -0.2) is 23.3 Å². The molecule has 0 unspecified atom stereocenters. The van der Waals surface area contributed by atoms with Crippen LogP contribution in [-0.2, 0) is 10.3 Å². The van der Waals surface area contributed by atoms with Crippen LogP contribution in [0.3, 0.4) is 0 Å². The number of aryl methyl sites for hydroxylation is 1. The highest BCUT2D eigenvalue weighted by molar-refractivity contribution is 9.10. The number of aliphatic hydroxyl groups is 1. The Morgan fingerprint density at radius 2 is 2.23 bits per heavy atom. The standard InChI is InChI=1S/C9H10BrNO2/c1-6-7(10)2-3-8(11-6)9(12)4-13-5-9/h2-3,12H,4-5H2,1H3. The van der Waals surface area contributed by atoms with Gasteiger partial charge in [0.2, 0.25) is 0 Å². The summed E-state index contributed by atoms with van der Waals surface area (Å²) in [7, 11) is 0. The highest BCUT2D eigenvalue weighted by Crippen LogP contribution is 2.29. The molecule has 70 valence electrons. The van der Waals surface area contributed by atoms with Crippen molar-refractivity contribution in [1.29, 1.82) is 0 Å². The van der Waals surface area contributed by atoms with Gasteiger partial charge in [-0.1, -0.05) is 0 Å². The summed E-state index contributed by atoms with van der Waals surface area (Å²) in [6.45, 7) is 2.60. The number of ether oxygens (including phenoxy) is 1. The molecular formula is C9H10BrNO2. The summed E-state index contributed by atoms with van der Waals surface area (Å²) in [5.74, 6) is 0. The van der Waals surface area contributed by atoms with Crippen molar-refractivity contribution in [2.45, 2.75) is 12.5 Å². The van der Waals surface area contributed by atoms with Crippen LogP contribution in [0.4, 0.5) is 0 Å². The van der Waals surface area contributed by atoms with Gasteiger partial charge in [-0.05, 0) is 35.0 Å². The number of aromatic nitrogens is 1. The first-order valence-electron chi connectivity index (χ1n) is 4.05. The van der Waals surface area contributed by atoms with E-state index in [4.69, 9.17) is 4.74 Å².